The van der Waals surface area contributed by atoms with Gasteiger partial charge < -0.3 is 10.6 Å². The van der Waals surface area contributed by atoms with Crippen LogP contribution in [0, 0.1) is 5.92 Å². The summed E-state index contributed by atoms with van der Waals surface area (Å²) >= 11 is 0. The zero-order valence-electron chi connectivity index (χ0n) is 7.01. The largest absolute Gasteiger partial charge is 0.330 e. The molecule has 1 heterocycles. The van der Waals surface area contributed by atoms with E-state index in [1.807, 2.05) is 0 Å². The molecule has 2 unspecified atom stereocenters. The summed E-state index contributed by atoms with van der Waals surface area (Å²) in [6, 6.07) is 0.738. The van der Waals surface area contributed by atoms with Crippen LogP contribution in [0.5, 0.6) is 0 Å². The fourth-order valence-electron chi connectivity index (χ4n) is 1.60. The van der Waals surface area contributed by atoms with E-state index in [0.717, 1.165) is 18.5 Å². The highest BCUT2D eigenvalue weighted by Gasteiger charge is 2.20. The van der Waals surface area contributed by atoms with E-state index in [4.69, 9.17) is 5.73 Å². The van der Waals surface area contributed by atoms with E-state index < -0.39 is 0 Å². The van der Waals surface area contributed by atoms with Gasteiger partial charge in [0.1, 0.15) is 0 Å². The Labute approximate surface area is 63.4 Å². The highest BCUT2D eigenvalue weighted by atomic mass is 15.1. The molecule has 0 spiro atoms. The van der Waals surface area contributed by atoms with Gasteiger partial charge in [-0.2, -0.15) is 0 Å². The van der Waals surface area contributed by atoms with E-state index in [1.165, 1.54) is 19.4 Å². The van der Waals surface area contributed by atoms with Gasteiger partial charge in [-0.25, -0.2) is 0 Å². The molecule has 0 radical (unpaired) electrons. The van der Waals surface area contributed by atoms with Crippen molar-refractivity contribution in [3.63, 3.8) is 0 Å². The Balaban J connectivity index is 2.33. The third kappa shape index (κ3) is 1.70. The van der Waals surface area contributed by atoms with Crippen molar-refractivity contribution in [1.29, 1.82) is 0 Å². The monoisotopic (exact) mass is 142 g/mol. The van der Waals surface area contributed by atoms with E-state index in [2.05, 4.69) is 18.9 Å². The van der Waals surface area contributed by atoms with Gasteiger partial charge >= 0.3 is 0 Å². The van der Waals surface area contributed by atoms with Gasteiger partial charge in [0, 0.05) is 6.04 Å². The first-order valence-electron chi connectivity index (χ1n) is 4.14. The minimum atomic E-state index is 0.738. The quantitative estimate of drug-likeness (QED) is 0.583. The van der Waals surface area contributed by atoms with Crippen molar-refractivity contribution in [2.45, 2.75) is 25.8 Å². The van der Waals surface area contributed by atoms with Gasteiger partial charge in [0.2, 0.25) is 0 Å². The van der Waals surface area contributed by atoms with Gasteiger partial charge in [0.05, 0.1) is 0 Å². The Morgan fingerprint density at radius 3 is 2.80 bits per heavy atom. The second kappa shape index (κ2) is 3.35. The molecule has 1 fully saturated rings. The van der Waals surface area contributed by atoms with Crippen LogP contribution < -0.4 is 5.73 Å². The molecule has 2 nitrogen and oxygen atoms in total. The number of hydrogen-bond donors (Lipinski definition) is 1. The van der Waals surface area contributed by atoms with Crippen molar-refractivity contribution < 1.29 is 0 Å². The predicted molar refractivity (Wildman–Crippen MR) is 43.9 cm³/mol. The molecule has 0 aromatic rings. The van der Waals surface area contributed by atoms with Crippen LogP contribution in [0.1, 0.15) is 19.8 Å². The van der Waals surface area contributed by atoms with Crippen LogP contribution in [0.3, 0.4) is 0 Å². The van der Waals surface area contributed by atoms with Gasteiger partial charge in [0.25, 0.3) is 0 Å². The number of likely N-dealkylation sites (tertiary alicyclic amines) is 1. The molecule has 0 aromatic heterocycles. The van der Waals surface area contributed by atoms with Gasteiger partial charge in [0.15, 0.2) is 0 Å². The molecule has 2 N–H and O–H groups in total. The summed E-state index contributed by atoms with van der Waals surface area (Å²) in [6.45, 7) is 4.38. The summed E-state index contributed by atoms with van der Waals surface area (Å²) in [7, 11) is 2.19. The summed E-state index contributed by atoms with van der Waals surface area (Å²) in [5.41, 5.74) is 5.59. The normalized spacial score (nSPS) is 36.3. The minimum absolute atomic E-state index is 0.738. The minimum Gasteiger partial charge on any atom is -0.330 e. The molecule has 10 heavy (non-hydrogen) atoms. The number of piperidine rings is 1. The molecule has 0 amide bonds. The zero-order valence-corrected chi connectivity index (χ0v) is 7.01. The maximum Gasteiger partial charge on any atom is 0.00670 e. The van der Waals surface area contributed by atoms with E-state index in [9.17, 15) is 0 Å². The van der Waals surface area contributed by atoms with Gasteiger partial charge in [-0.3, -0.25) is 0 Å². The average molecular weight is 142 g/mol. The van der Waals surface area contributed by atoms with Crippen molar-refractivity contribution in [1.82, 2.24) is 4.90 Å². The molecule has 2 atom stereocenters. The maximum absolute atomic E-state index is 5.59. The smallest absolute Gasteiger partial charge is 0.00670 e. The third-order valence-corrected chi connectivity index (χ3v) is 2.65. The number of nitrogens with two attached hydrogens (primary N) is 1. The molecular weight excluding hydrogens is 124 g/mol. The first-order chi connectivity index (χ1) is 4.74. The molecule has 1 aliphatic heterocycles. The third-order valence-electron chi connectivity index (χ3n) is 2.65. The van der Waals surface area contributed by atoms with E-state index in [0.29, 0.717) is 0 Å². The van der Waals surface area contributed by atoms with Crippen LogP contribution in [0.25, 0.3) is 0 Å². The second-order valence-corrected chi connectivity index (χ2v) is 3.46. The Morgan fingerprint density at radius 1 is 1.60 bits per heavy atom. The molecule has 0 aromatic carbocycles. The van der Waals surface area contributed by atoms with Crippen molar-refractivity contribution in [2.75, 3.05) is 20.1 Å². The molecule has 1 aliphatic rings. The fourth-order valence-corrected chi connectivity index (χ4v) is 1.60. The van der Waals surface area contributed by atoms with Crippen LogP contribution in [0.4, 0.5) is 0 Å². The van der Waals surface area contributed by atoms with E-state index in [-0.39, 0.29) is 0 Å². The lowest BCUT2D eigenvalue weighted by Gasteiger charge is -2.34. The van der Waals surface area contributed by atoms with Gasteiger partial charge in [-0.1, -0.05) is 0 Å². The highest BCUT2D eigenvalue weighted by molar-refractivity contribution is 4.76. The molecule has 2 heteroatoms. The number of rotatable bonds is 1. The Kier molecular flexibility index (Phi) is 2.69. The lowest BCUT2D eigenvalue weighted by Crippen LogP contribution is -2.39. The van der Waals surface area contributed by atoms with E-state index in [1.54, 1.807) is 0 Å². The van der Waals surface area contributed by atoms with Crippen molar-refractivity contribution >= 4 is 0 Å². The first-order valence-corrected chi connectivity index (χ1v) is 4.14. The van der Waals surface area contributed by atoms with Crippen LogP contribution in [0.15, 0.2) is 0 Å². The zero-order chi connectivity index (χ0) is 7.56. The van der Waals surface area contributed by atoms with Crippen molar-refractivity contribution in [2.24, 2.45) is 11.7 Å². The lowest BCUT2D eigenvalue weighted by molar-refractivity contribution is 0.157. The molecule has 0 aliphatic carbocycles. The highest BCUT2D eigenvalue weighted by Crippen LogP contribution is 2.19. The average Bonchev–Trinajstić information content (AvgIpc) is 1.95. The topological polar surface area (TPSA) is 29.3 Å². The molecular formula is C8H18N2. The SMILES string of the molecule is CC1CC(CN)CCN1C. The first kappa shape index (κ1) is 8.02. The van der Waals surface area contributed by atoms with Crippen LogP contribution in [0.2, 0.25) is 0 Å². The van der Waals surface area contributed by atoms with E-state index >= 15 is 0 Å². The molecule has 0 saturated carbocycles. The Hall–Kier alpha value is -0.0800. The fraction of sp³-hybridized carbons (Fsp3) is 1.00. The van der Waals surface area contributed by atoms with Gasteiger partial charge in [-0.05, 0) is 45.8 Å². The number of hydrogen-bond acceptors (Lipinski definition) is 2. The molecule has 1 rings (SSSR count). The van der Waals surface area contributed by atoms with Crippen LogP contribution >= 0.6 is 0 Å². The Bertz CT molecular complexity index is 103. The van der Waals surface area contributed by atoms with Crippen LogP contribution in [-0.2, 0) is 0 Å². The van der Waals surface area contributed by atoms with Crippen molar-refractivity contribution in [3.05, 3.63) is 0 Å². The Morgan fingerprint density at radius 2 is 2.30 bits per heavy atom. The second-order valence-electron chi connectivity index (χ2n) is 3.46. The van der Waals surface area contributed by atoms with Gasteiger partial charge in [-0.15, -0.1) is 0 Å². The number of nitrogens with zero attached hydrogens (tertiary/aromatic N) is 1. The summed E-state index contributed by atoms with van der Waals surface area (Å²) in [6.07, 6.45) is 2.57. The molecule has 1 saturated heterocycles. The summed E-state index contributed by atoms with van der Waals surface area (Å²) in [5, 5.41) is 0. The predicted octanol–water partition coefficient (Wildman–Crippen LogP) is 0.675. The summed E-state index contributed by atoms with van der Waals surface area (Å²) in [5.74, 6) is 0.784. The summed E-state index contributed by atoms with van der Waals surface area (Å²) < 4.78 is 0. The molecule has 0 bridgehead atoms. The standard InChI is InChI=1S/C8H18N2/c1-7-5-8(6-9)3-4-10(7)2/h7-8H,3-6,9H2,1-2H3. The summed E-state index contributed by atoms with van der Waals surface area (Å²) in [4.78, 5) is 2.41. The maximum atomic E-state index is 5.59. The lowest BCUT2D eigenvalue weighted by atomic mass is 9.92. The van der Waals surface area contributed by atoms with Crippen molar-refractivity contribution in [3.8, 4) is 0 Å². The molecule has 60 valence electrons. The van der Waals surface area contributed by atoms with Crippen LogP contribution in [-0.4, -0.2) is 31.1 Å².